The molecular formula is C17H18N2O5. The molecule has 0 fully saturated rings. The standard InChI is InChI=1S/C17H18N2O5/c1-22-10-8-18(11-13-5-4-9-23-13)16(20)12-19-14-6-2-3-7-15(14)24-17(19)21/h2-7,9H,8,10-12H2,1H3. The minimum absolute atomic E-state index is 0.0970. The highest BCUT2D eigenvalue weighted by molar-refractivity contribution is 5.79. The lowest BCUT2D eigenvalue weighted by Gasteiger charge is -2.21. The molecule has 3 rings (SSSR count). The van der Waals surface area contributed by atoms with Gasteiger partial charge in [-0.05, 0) is 24.3 Å². The minimum atomic E-state index is -0.547. The van der Waals surface area contributed by atoms with Crippen molar-refractivity contribution in [2.24, 2.45) is 0 Å². The molecule has 7 heteroatoms. The first-order valence-electron chi connectivity index (χ1n) is 7.56. The summed E-state index contributed by atoms with van der Waals surface area (Å²) in [5.74, 6) is -0.0878. The van der Waals surface area contributed by atoms with Gasteiger partial charge in [0.2, 0.25) is 5.91 Å². The highest BCUT2D eigenvalue weighted by Gasteiger charge is 2.19. The van der Waals surface area contributed by atoms with Crippen molar-refractivity contribution in [2.45, 2.75) is 13.1 Å². The van der Waals surface area contributed by atoms with Gasteiger partial charge in [0, 0.05) is 13.7 Å². The number of amides is 1. The van der Waals surface area contributed by atoms with E-state index < -0.39 is 5.76 Å². The van der Waals surface area contributed by atoms with Crippen LogP contribution < -0.4 is 5.76 Å². The fourth-order valence-corrected chi connectivity index (χ4v) is 2.48. The Kier molecular flexibility index (Phi) is 4.81. The van der Waals surface area contributed by atoms with E-state index in [1.807, 2.05) is 0 Å². The lowest BCUT2D eigenvalue weighted by Crippen LogP contribution is -2.37. The number of carbonyl (C=O) groups is 1. The Balaban J connectivity index is 1.81. The molecule has 0 radical (unpaired) electrons. The van der Waals surface area contributed by atoms with E-state index in [2.05, 4.69) is 0 Å². The first-order valence-corrected chi connectivity index (χ1v) is 7.56. The molecule has 0 bridgehead atoms. The predicted molar refractivity (Wildman–Crippen MR) is 86.5 cm³/mol. The van der Waals surface area contributed by atoms with Crippen LogP contribution in [-0.2, 0) is 22.6 Å². The first-order chi connectivity index (χ1) is 11.7. The van der Waals surface area contributed by atoms with Crippen LogP contribution in [0.4, 0.5) is 0 Å². The number of fused-ring (bicyclic) bond motifs is 1. The molecule has 7 nitrogen and oxygen atoms in total. The zero-order valence-electron chi connectivity index (χ0n) is 13.3. The largest absolute Gasteiger partial charge is 0.467 e. The zero-order valence-corrected chi connectivity index (χ0v) is 13.3. The van der Waals surface area contributed by atoms with Crippen LogP contribution in [0.1, 0.15) is 5.76 Å². The summed E-state index contributed by atoms with van der Waals surface area (Å²) in [7, 11) is 1.57. The predicted octanol–water partition coefficient (Wildman–Crippen LogP) is 1.86. The van der Waals surface area contributed by atoms with Crippen LogP contribution in [0.15, 0.2) is 56.3 Å². The van der Waals surface area contributed by atoms with Gasteiger partial charge in [-0.2, -0.15) is 0 Å². The Labute approximate surface area is 138 Å². The quantitative estimate of drug-likeness (QED) is 0.661. The summed E-state index contributed by atoms with van der Waals surface area (Å²) in [6.07, 6.45) is 1.56. The first kappa shape index (κ1) is 16.1. The summed E-state index contributed by atoms with van der Waals surface area (Å²) < 4.78 is 16.9. The molecule has 126 valence electrons. The Morgan fingerprint density at radius 1 is 1.25 bits per heavy atom. The number of aromatic nitrogens is 1. The lowest BCUT2D eigenvalue weighted by atomic mass is 10.3. The molecular weight excluding hydrogens is 312 g/mol. The van der Waals surface area contributed by atoms with Crippen LogP contribution in [0, 0.1) is 0 Å². The number of para-hydroxylation sites is 2. The normalized spacial score (nSPS) is 11.0. The second-order valence-corrected chi connectivity index (χ2v) is 5.31. The third-order valence-corrected chi connectivity index (χ3v) is 3.71. The molecule has 0 spiro atoms. The summed E-state index contributed by atoms with van der Waals surface area (Å²) >= 11 is 0. The van der Waals surface area contributed by atoms with E-state index in [-0.39, 0.29) is 12.5 Å². The second-order valence-electron chi connectivity index (χ2n) is 5.31. The van der Waals surface area contributed by atoms with E-state index in [0.29, 0.717) is 36.6 Å². The fraction of sp³-hybridized carbons (Fsp3) is 0.294. The third kappa shape index (κ3) is 3.41. The van der Waals surface area contributed by atoms with Crippen molar-refractivity contribution in [3.8, 4) is 0 Å². The number of carbonyl (C=O) groups excluding carboxylic acids is 1. The van der Waals surface area contributed by atoms with Crippen molar-refractivity contribution in [1.82, 2.24) is 9.47 Å². The van der Waals surface area contributed by atoms with E-state index in [1.165, 1.54) is 4.57 Å². The van der Waals surface area contributed by atoms with Gasteiger partial charge in [-0.25, -0.2) is 4.79 Å². The van der Waals surface area contributed by atoms with Crippen LogP contribution >= 0.6 is 0 Å². The zero-order chi connectivity index (χ0) is 16.9. The van der Waals surface area contributed by atoms with Gasteiger partial charge in [-0.1, -0.05) is 12.1 Å². The lowest BCUT2D eigenvalue weighted by molar-refractivity contribution is -0.133. The van der Waals surface area contributed by atoms with Crippen LogP contribution in [-0.4, -0.2) is 35.6 Å². The van der Waals surface area contributed by atoms with E-state index in [0.717, 1.165) is 0 Å². The smallest absolute Gasteiger partial charge is 0.420 e. The van der Waals surface area contributed by atoms with Crippen LogP contribution in [0.5, 0.6) is 0 Å². The number of hydrogen-bond donors (Lipinski definition) is 0. The molecule has 0 atom stereocenters. The van der Waals surface area contributed by atoms with Crippen molar-refractivity contribution in [3.63, 3.8) is 0 Å². The number of rotatable bonds is 7. The summed E-state index contributed by atoms with van der Waals surface area (Å²) in [6, 6.07) is 10.6. The molecule has 1 amide bonds. The summed E-state index contributed by atoms with van der Waals surface area (Å²) in [5, 5.41) is 0. The average Bonchev–Trinajstić information content (AvgIpc) is 3.20. The van der Waals surface area contributed by atoms with Gasteiger partial charge in [0.25, 0.3) is 0 Å². The maximum atomic E-state index is 12.7. The summed E-state index contributed by atoms with van der Waals surface area (Å²) in [6.45, 7) is 1.02. The van der Waals surface area contributed by atoms with Crippen LogP contribution in [0.3, 0.4) is 0 Å². The number of benzene rings is 1. The number of methoxy groups -OCH3 is 1. The number of nitrogens with zero attached hydrogens (tertiary/aromatic N) is 2. The average molecular weight is 330 g/mol. The van der Waals surface area contributed by atoms with Gasteiger partial charge in [0.15, 0.2) is 5.58 Å². The van der Waals surface area contributed by atoms with Crippen molar-refractivity contribution in [1.29, 1.82) is 0 Å². The molecule has 0 aliphatic carbocycles. The van der Waals surface area contributed by atoms with Gasteiger partial charge in [0.05, 0.1) is 24.9 Å². The number of furan rings is 1. The van der Waals surface area contributed by atoms with Gasteiger partial charge in [-0.15, -0.1) is 0 Å². The Bertz CT molecular complexity index is 863. The number of oxazole rings is 1. The van der Waals surface area contributed by atoms with Crippen LogP contribution in [0.2, 0.25) is 0 Å². The Morgan fingerprint density at radius 2 is 2.08 bits per heavy atom. The van der Waals surface area contributed by atoms with E-state index in [1.54, 1.807) is 54.7 Å². The van der Waals surface area contributed by atoms with Crippen molar-refractivity contribution >= 4 is 17.0 Å². The molecule has 0 N–H and O–H groups in total. The molecule has 0 saturated heterocycles. The SMILES string of the molecule is COCCN(Cc1ccco1)C(=O)Cn1c(=O)oc2ccccc21. The minimum Gasteiger partial charge on any atom is -0.467 e. The van der Waals surface area contributed by atoms with E-state index in [4.69, 9.17) is 13.6 Å². The molecule has 3 aromatic rings. The van der Waals surface area contributed by atoms with Gasteiger partial charge in [0.1, 0.15) is 12.3 Å². The van der Waals surface area contributed by atoms with Crippen molar-refractivity contribution < 1.29 is 18.4 Å². The molecule has 24 heavy (non-hydrogen) atoms. The Morgan fingerprint density at radius 3 is 2.83 bits per heavy atom. The van der Waals surface area contributed by atoms with Crippen LogP contribution in [0.25, 0.3) is 11.1 Å². The van der Waals surface area contributed by atoms with Crippen molar-refractivity contribution in [2.75, 3.05) is 20.3 Å². The summed E-state index contributed by atoms with van der Waals surface area (Å²) in [5.41, 5.74) is 1.06. The van der Waals surface area contributed by atoms with E-state index >= 15 is 0 Å². The highest BCUT2D eigenvalue weighted by atomic mass is 16.5. The number of ether oxygens (including phenoxy) is 1. The monoisotopic (exact) mass is 330 g/mol. The van der Waals surface area contributed by atoms with Gasteiger partial charge in [-0.3, -0.25) is 9.36 Å². The second kappa shape index (κ2) is 7.18. The van der Waals surface area contributed by atoms with Gasteiger partial charge < -0.3 is 18.5 Å². The molecule has 0 aliphatic heterocycles. The number of hydrogen-bond acceptors (Lipinski definition) is 5. The topological polar surface area (TPSA) is 77.8 Å². The molecule has 2 aromatic heterocycles. The maximum absolute atomic E-state index is 12.7. The third-order valence-electron chi connectivity index (χ3n) is 3.71. The highest BCUT2D eigenvalue weighted by Crippen LogP contribution is 2.13. The fourth-order valence-electron chi connectivity index (χ4n) is 2.48. The molecule has 0 aliphatic rings. The maximum Gasteiger partial charge on any atom is 0.420 e. The molecule has 1 aromatic carbocycles. The molecule has 0 saturated carbocycles. The summed E-state index contributed by atoms with van der Waals surface area (Å²) in [4.78, 5) is 26.3. The molecule has 2 heterocycles. The van der Waals surface area contributed by atoms with Crippen molar-refractivity contribution in [3.05, 3.63) is 59.0 Å². The molecule has 0 unspecified atom stereocenters. The van der Waals surface area contributed by atoms with E-state index in [9.17, 15) is 9.59 Å². The Hall–Kier alpha value is -2.80. The van der Waals surface area contributed by atoms with Gasteiger partial charge >= 0.3 is 5.76 Å².